The Balaban J connectivity index is 2.05. The van der Waals surface area contributed by atoms with Crippen molar-refractivity contribution in [2.75, 3.05) is 0 Å². The van der Waals surface area contributed by atoms with Gasteiger partial charge in [-0.05, 0) is 53.6 Å². The highest BCUT2D eigenvalue weighted by Crippen LogP contribution is 2.20. The van der Waals surface area contributed by atoms with E-state index in [4.69, 9.17) is 0 Å². The first kappa shape index (κ1) is 11.4. The first-order valence-electron chi connectivity index (χ1n) is 5.11. The van der Waals surface area contributed by atoms with Gasteiger partial charge >= 0.3 is 0 Å². The Morgan fingerprint density at radius 2 is 2.06 bits per heavy atom. The van der Waals surface area contributed by atoms with Gasteiger partial charge in [0.15, 0.2) is 0 Å². The van der Waals surface area contributed by atoms with E-state index < -0.39 is 0 Å². The molecule has 84 valence electrons. The molecule has 0 aromatic heterocycles. The lowest BCUT2D eigenvalue weighted by atomic mass is 10.1. The van der Waals surface area contributed by atoms with Crippen LogP contribution in [0.15, 0.2) is 30.4 Å². The number of amides is 1. The third-order valence-electron chi connectivity index (χ3n) is 2.55. The molecule has 2 rings (SSSR count). The van der Waals surface area contributed by atoms with Gasteiger partial charge in [0.05, 0.1) is 3.57 Å². The van der Waals surface area contributed by atoms with Crippen LogP contribution in [-0.2, 0) is 0 Å². The number of aromatic hydroxyl groups is 1. The molecule has 1 aliphatic carbocycles. The van der Waals surface area contributed by atoms with E-state index in [0.29, 0.717) is 5.56 Å². The van der Waals surface area contributed by atoms with Crippen molar-refractivity contribution in [2.24, 2.45) is 0 Å². The second kappa shape index (κ2) is 4.86. The van der Waals surface area contributed by atoms with Gasteiger partial charge in [0.1, 0.15) is 5.75 Å². The summed E-state index contributed by atoms with van der Waals surface area (Å²) in [6.45, 7) is 0. The number of benzene rings is 1. The maximum absolute atomic E-state index is 11.8. The lowest BCUT2D eigenvalue weighted by molar-refractivity contribution is 0.0938. The van der Waals surface area contributed by atoms with Crippen molar-refractivity contribution in [3.05, 3.63) is 39.5 Å². The quantitative estimate of drug-likeness (QED) is 0.647. The number of halogens is 1. The zero-order valence-electron chi connectivity index (χ0n) is 8.61. The zero-order chi connectivity index (χ0) is 11.5. The molecule has 0 saturated heterocycles. The molecule has 1 aromatic rings. The van der Waals surface area contributed by atoms with Gasteiger partial charge in [-0.15, -0.1) is 0 Å². The van der Waals surface area contributed by atoms with E-state index in [1.807, 2.05) is 22.6 Å². The highest BCUT2D eigenvalue weighted by molar-refractivity contribution is 14.1. The Morgan fingerprint density at radius 3 is 2.69 bits per heavy atom. The average molecular weight is 329 g/mol. The van der Waals surface area contributed by atoms with E-state index in [-0.39, 0.29) is 17.7 Å². The number of phenols is 1. The van der Waals surface area contributed by atoms with E-state index in [1.165, 1.54) is 6.07 Å². The molecular weight excluding hydrogens is 317 g/mol. The minimum atomic E-state index is -0.125. The molecule has 2 N–H and O–H groups in total. The zero-order valence-corrected chi connectivity index (χ0v) is 10.8. The third kappa shape index (κ3) is 2.55. The molecule has 1 aromatic carbocycles. The molecule has 0 radical (unpaired) electrons. The molecule has 1 amide bonds. The molecule has 3 nitrogen and oxygen atoms in total. The van der Waals surface area contributed by atoms with Gasteiger partial charge in [0.2, 0.25) is 0 Å². The van der Waals surface area contributed by atoms with E-state index in [0.717, 1.165) is 16.4 Å². The molecule has 1 aliphatic rings. The fraction of sp³-hybridized carbons (Fsp3) is 0.250. The van der Waals surface area contributed by atoms with Crippen molar-refractivity contribution in [2.45, 2.75) is 18.9 Å². The standard InChI is InChI=1S/C12H12INO2/c13-10-6-5-8(7-11(10)15)12(16)14-9-3-1-2-4-9/h1-2,5-7,9,15H,3-4H2,(H,14,16). The number of nitrogens with one attached hydrogen (secondary N) is 1. The van der Waals surface area contributed by atoms with Gasteiger partial charge in [0.25, 0.3) is 5.91 Å². The van der Waals surface area contributed by atoms with Crippen LogP contribution in [0.5, 0.6) is 5.75 Å². The molecule has 0 heterocycles. The van der Waals surface area contributed by atoms with Crippen LogP contribution >= 0.6 is 22.6 Å². The van der Waals surface area contributed by atoms with Crippen molar-refractivity contribution in [1.82, 2.24) is 5.32 Å². The first-order chi connectivity index (χ1) is 7.66. The Hall–Kier alpha value is -1.04. The van der Waals surface area contributed by atoms with Crippen LogP contribution in [0.25, 0.3) is 0 Å². The van der Waals surface area contributed by atoms with Crippen molar-refractivity contribution in [3.63, 3.8) is 0 Å². The second-order valence-electron chi connectivity index (χ2n) is 3.78. The van der Waals surface area contributed by atoms with Crippen LogP contribution in [0, 0.1) is 3.57 Å². The summed E-state index contributed by atoms with van der Waals surface area (Å²) in [6.07, 6.45) is 5.91. The molecule has 0 saturated carbocycles. The smallest absolute Gasteiger partial charge is 0.251 e. The second-order valence-corrected chi connectivity index (χ2v) is 4.94. The van der Waals surface area contributed by atoms with Crippen LogP contribution in [-0.4, -0.2) is 17.1 Å². The summed E-state index contributed by atoms with van der Waals surface area (Å²) in [5, 5.41) is 12.4. The number of phenolic OH excluding ortho intramolecular Hbond substituents is 1. The van der Waals surface area contributed by atoms with E-state index in [2.05, 4.69) is 17.5 Å². The Labute approximate surface area is 108 Å². The normalized spacial score (nSPS) is 15.3. The van der Waals surface area contributed by atoms with Crippen LogP contribution in [0.3, 0.4) is 0 Å². The summed E-state index contributed by atoms with van der Waals surface area (Å²) in [5.41, 5.74) is 0.504. The SMILES string of the molecule is O=C(NC1CC=CC1)c1ccc(I)c(O)c1. The van der Waals surface area contributed by atoms with Crippen molar-refractivity contribution < 1.29 is 9.90 Å². The highest BCUT2D eigenvalue weighted by atomic mass is 127. The molecular formula is C12H12INO2. The predicted octanol–water partition coefficient (Wildman–Crippen LogP) is 2.45. The van der Waals surface area contributed by atoms with Crippen molar-refractivity contribution >= 4 is 28.5 Å². The summed E-state index contributed by atoms with van der Waals surface area (Å²) in [5.74, 6) is 0.0261. The Bertz CT molecular complexity index is 435. The van der Waals surface area contributed by atoms with Gasteiger partial charge in [-0.3, -0.25) is 4.79 Å². The van der Waals surface area contributed by atoms with Crippen LogP contribution in [0.1, 0.15) is 23.2 Å². The average Bonchev–Trinajstić information content (AvgIpc) is 2.74. The van der Waals surface area contributed by atoms with Crippen molar-refractivity contribution in [1.29, 1.82) is 0 Å². The Morgan fingerprint density at radius 1 is 1.38 bits per heavy atom. The lowest BCUT2D eigenvalue weighted by Gasteiger charge is -2.12. The molecule has 4 heteroatoms. The summed E-state index contributed by atoms with van der Waals surface area (Å²) in [4.78, 5) is 11.8. The monoisotopic (exact) mass is 329 g/mol. The van der Waals surface area contributed by atoms with Gasteiger partial charge < -0.3 is 10.4 Å². The van der Waals surface area contributed by atoms with Crippen molar-refractivity contribution in [3.8, 4) is 5.75 Å². The van der Waals surface area contributed by atoms with Crippen LogP contribution in [0.4, 0.5) is 0 Å². The third-order valence-corrected chi connectivity index (χ3v) is 3.46. The Kier molecular flexibility index (Phi) is 3.48. The van der Waals surface area contributed by atoms with E-state index in [1.54, 1.807) is 12.1 Å². The molecule has 0 atom stereocenters. The first-order valence-corrected chi connectivity index (χ1v) is 6.19. The van der Waals surface area contributed by atoms with Gasteiger partial charge in [-0.1, -0.05) is 12.2 Å². The van der Waals surface area contributed by atoms with E-state index >= 15 is 0 Å². The maximum Gasteiger partial charge on any atom is 0.251 e. The van der Waals surface area contributed by atoms with Gasteiger partial charge in [0, 0.05) is 11.6 Å². The van der Waals surface area contributed by atoms with Crippen LogP contribution in [0.2, 0.25) is 0 Å². The fourth-order valence-corrected chi connectivity index (χ4v) is 1.99. The topological polar surface area (TPSA) is 49.3 Å². The lowest BCUT2D eigenvalue weighted by Crippen LogP contribution is -2.32. The molecule has 16 heavy (non-hydrogen) atoms. The highest BCUT2D eigenvalue weighted by Gasteiger charge is 2.15. The predicted molar refractivity (Wildman–Crippen MR) is 70.5 cm³/mol. The minimum absolute atomic E-state index is 0.125. The molecule has 0 aliphatic heterocycles. The number of rotatable bonds is 2. The molecule has 0 fully saturated rings. The largest absolute Gasteiger partial charge is 0.507 e. The molecule has 0 bridgehead atoms. The maximum atomic E-state index is 11.8. The number of carbonyl (C=O) groups excluding carboxylic acids is 1. The number of hydrogen-bond acceptors (Lipinski definition) is 2. The number of carbonyl (C=O) groups is 1. The molecule has 0 unspecified atom stereocenters. The minimum Gasteiger partial charge on any atom is -0.507 e. The molecule has 0 spiro atoms. The summed E-state index contributed by atoms with van der Waals surface area (Å²) >= 11 is 2.02. The van der Waals surface area contributed by atoms with E-state index in [9.17, 15) is 9.90 Å². The van der Waals surface area contributed by atoms with Crippen LogP contribution < -0.4 is 5.32 Å². The summed E-state index contributed by atoms with van der Waals surface area (Å²) < 4.78 is 0.747. The number of hydrogen-bond donors (Lipinski definition) is 2. The van der Waals surface area contributed by atoms with Gasteiger partial charge in [-0.2, -0.15) is 0 Å². The summed E-state index contributed by atoms with van der Waals surface area (Å²) in [7, 11) is 0. The van der Waals surface area contributed by atoms with Gasteiger partial charge in [-0.25, -0.2) is 0 Å². The fourth-order valence-electron chi connectivity index (χ4n) is 1.66. The summed E-state index contributed by atoms with van der Waals surface area (Å²) in [6, 6.07) is 5.16.